The molecule has 1 heteroatoms. The SMILES string of the molecule is CC1=Cc2c(Br)cccc2C1CCC1C(C)=Cc2c(-c3ccccc3)cccc21. The Morgan fingerprint density at radius 2 is 1.24 bits per heavy atom. The van der Waals surface area contributed by atoms with E-state index in [2.05, 4.69) is 109 Å². The van der Waals surface area contributed by atoms with Crippen LogP contribution in [-0.4, -0.2) is 0 Å². The van der Waals surface area contributed by atoms with Gasteiger partial charge in [-0.3, -0.25) is 0 Å². The lowest BCUT2D eigenvalue weighted by atomic mass is 9.84. The van der Waals surface area contributed by atoms with Gasteiger partial charge in [0.15, 0.2) is 0 Å². The average molecular weight is 441 g/mol. The maximum absolute atomic E-state index is 3.73. The molecule has 0 amide bonds. The van der Waals surface area contributed by atoms with Crippen LogP contribution in [0.15, 0.2) is 82.3 Å². The first kappa shape index (κ1) is 18.6. The van der Waals surface area contributed by atoms with Gasteiger partial charge >= 0.3 is 0 Å². The van der Waals surface area contributed by atoms with Crippen molar-refractivity contribution in [2.45, 2.75) is 38.5 Å². The van der Waals surface area contributed by atoms with Crippen LogP contribution in [-0.2, 0) is 0 Å². The van der Waals surface area contributed by atoms with Crippen LogP contribution >= 0.6 is 15.9 Å². The summed E-state index contributed by atoms with van der Waals surface area (Å²) in [5.41, 5.74) is 11.4. The lowest BCUT2D eigenvalue weighted by Crippen LogP contribution is -2.03. The average Bonchev–Trinajstić information content (AvgIpc) is 3.23. The summed E-state index contributed by atoms with van der Waals surface area (Å²) in [7, 11) is 0. The van der Waals surface area contributed by atoms with Crippen LogP contribution in [0.25, 0.3) is 23.3 Å². The highest BCUT2D eigenvalue weighted by molar-refractivity contribution is 9.10. The molecule has 2 aliphatic carbocycles. The molecular weight excluding hydrogens is 416 g/mol. The Kier molecular flexibility index (Phi) is 4.80. The molecule has 0 bridgehead atoms. The summed E-state index contributed by atoms with van der Waals surface area (Å²) in [5, 5.41) is 0. The van der Waals surface area contributed by atoms with E-state index in [1.54, 1.807) is 0 Å². The second kappa shape index (κ2) is 7.46. The first-order valence-corrected chi connectivity index (χ1v) is 11.3. The van der Waals surface area contributed by atoms with Crippen LogP contribution in [0.5, 0.6) is 0 Å². The normalized spacial score (nSPS) is 19.6. The van der Waals surface area contributed by atoms with Gasteiger partial charge in [-0.15, -0.1) is 0 Å². The fourth-order valence-corrected chi connectivity index (χ4v) is 5.67. The summed E-state index contributed by atoms with van der Waals surface area (Å²) in [6, 6.07) is 24.2. The predicted octanol–water partition coefficient (Wildman–Crippen LogP) is 8.60. The molecule has 5 rings (SSSR count). The van der Waals surface area contributed by atoms with Crippen LogP contribution in [0.4, 0.5) is 0 Å². The quantitative estimate of drug-likeness (QED) is 0.380. The molecule has 0 heterocycles. The van der Waals surface area contributed by atoms with E-state index in [0.717, 1.165) is 0 Å². The first-order chi connectivity index (χ1) is 14.1. The second-order valence-electron chi connectivity index (χ2n) is 8.38. The Balaban J connectivity index is 1.43. The largest absolute Gasteiger partial charge is 0.0652 e. The molecule has 0 nitrogen and oxygen atoms in total. The van der Waals surface area contributed by atoms with E-state index in [0.29, 0.717) is 11.8 Å². The summed E-state index contributed by atoms with van der Waals surface area (Å²) in [6.45, 7) is 4.59. The van der Waals surface area contributed by atoms with Gasteiger partial charge in [-0.05, 0) is 66.1 Å². The molecule has 0 spiro atoms. The van der Waals surface area contributed by atoms with Gasteiger partial charge in [-0.2, -0.15) is 0 Å². The smallest absolute Gasteiger partial charge is 0.0250 e. The third kappa shape index (κ3) is 3.22. The Hall–Kier alpha value is -2.38. The summed E-state index contributed by atoms with van der Waals surface area (Å²) in [6.07, 6.45) is 7.17. The Labute approximate surface area is 182 Å². The minimum Gasteiger partial charge on any atom is -0.0652 e. The molecule has 0 aliphatic heterocycles. The van der Waals surface area contributed by atoms with Crippen molar-refractivity contribution in [3.63, 3.8) is 0 Å². The molecule has 0 N–H and O–H groups in total. The van der Waals surface area contributed by atoms with E-state index < -0.39 is 0 Å². The van der Waals surface area contributed by atoms with E-state index in [1.807, 2.05) is 0 Å². The molecular formula is C28H25Br. The number of allylic oxidation sites excluding steroid dienone is 2. The van der Waals surface area contributed by atoms with E-state index in [1.165, 1.54) is 61.8 Å². The Bertz CT molecular complexity index is 1130. The van der Waals surface area contributed by atoms with Gasteiger partial charge in [-0.25, -0.2) is 0 Å². The minimum absolute atomic E-state index is 0.526. The maximum atomic E-state index is 3.73. The van der Waals surface area contributed by atoms with Crippen molar-refractivity contribution in [1.29, 1.82) is 0 Å². The molecule has 0 saturated heterocycles. The summed E-state index contributed by atoms with van der Waals surface area (Å²) in [4.78, 5) is 0. The number of hydrogen-bond acceptors (Lipinski definition) is 0. The molecule has 2 atom stereocenters. The minimum atomic E-state index is 0.526. The zero-order valence-electron chi connectivity index (χ0n) is 17.0. The number of fused-ring (bicyclic) bond motifs is 2. The van der Waals surface area contributed by atoms with Gasteiger partial charge < -0.3 is 0 Å². The van der Waals surface area contributed by atoms with Crippen LogP contribution < -0.4 is 0 Å². The summed E-state index contributed by atoms with van der Waals surface area (Å²) < 4.78 is 1.21. The molecule has 3 aromatic carbocycles. The van der Waals surface area contributed by atoms with Crippen molar-refractivity contribution in [3.05, 3.63) is 105 Å². The molecule has 0 fully saturated rings. The molecule has 29 heavy (non-hydrogen) atoms. The molecule has 3 aromatic rings. The highest BCUT2D eigenvalue weighted by Gasteiger charge is 2.28. The second-order valence-corrected chi connectivity index (χ2v) is 9.23. The Morgan fingerprint density at radius 3 is 1.93 bits per heavy atom. The van der Waals surface area contributed by atoms with Gasteiger partial charge in [-0.1, -0.05) is 99.9 Å². The Morgan fingerprint density at radius 1 is 0.655 bits per heavy atom. The summed E-state index contributed by atoms with van der Waals surface area (Å²) in [5.74, 6) is 1.06. The van der Waals surface area contributed by atoms with E-state index in [9.17, 15) is 0 Å². The van der Waals surface area contributed by atoms with Crippen LogP contribution in [0.2, 0.25) is 0 Å². The van der Waals surface area contributed by atoms with Crippen LogP contribution in [0.3, 0.4) is 0 Å². The van der Waals surface area contributed by atoms with Crippen molar-refractivity contribution >= 4 is 28.1 Å². The lowest BCUT2D eigenvalue weighted by molar-refractivity contribution is 0.611. The number of hydrogen-bond donors (Lipinski definition) is 0. The van der Waals surface area contributed by atoms with Gasteiger partial charge in [0.2, 0.25) is 0 Å². The van der Waals surface area contributed by atoms with E-state index in [-0.39, 0.29) is 0 Å². The first-order valence-electron chi connectivity index (χ1n) is 10.5. The standard InChI is InChI=1S/C28H25Br/c1-18-16-26-23(20-8-4-3-5-9-20)10-6-11-24(26)21(18)14-15-22-19(2)17-27-25(22)12-7-13-28(27)29/h3-13,16-17,21-22H,14-15H2,1-2H3. The monoisotopic (exact) mass is 440 g/mol. The van der Waals surface area contributed by atoms with Crippen molar-refractivity contribution in [1.82, 2.24) is 0 Å². The van der Waals surface area contributed by atoms with Crippen molar-refractivity contribution in [2.24, 2.45) is 0 Å². The highest BCUT2D eigenvalue weighted by atomic mass is 79.9. The van der Waals surface area contributed by atoms with Crippen molar-refractivity contribution < 1.29 is 0 Å². The van der Waals surface area contributed by atoms with Gasteiger partial charge in [0.05, 0.1) is 0 Å². The van der Waals surface area contributed by atoms with Gasteiger partial charge in [0, 0.05) is 16.3 Å². The topological polar surface area (TPSA) is 0 Å². The van der Waals surface area contributed by atoms with Gasteiger partial charge in [0.25, 0.3) is 0 Å². The van der Waals surface area contributed by atoms with Crippen molar-refractivity contribution in [2.75, 3.05) is 0 Å². The fourth-order valence-electron chi connectivity index (χ4n) is 5.17. The third-order valence-corrected chi connectivity index (χ3v) is 7.34. The number of rotatable bonds is 4. The van der Waals surface area contributed by atoms with Crippen LogP contribution in [0, 0.1) is 0 Å². The molecule has 144 valence electrons. The maximum Gasteiger partial charge on any atom is 0.0250 e. The molecule has 2 unspecified atom stereocenters. The molecule has 0 saturated carbocycles. The zero-order chi connectivity index (χ0) is 20.0. The number of benzene rings is 3. The van der Waals surface area contributed by atoms with Gasteiger partial charge in [0.1, 0.15) is 0 Å². The molecule has 0 aromatic heterocycles. The molecule has 0 radical (unpaired) electrons. The fraction of sp³-hybridized carbons (Fsp3) is 0.214. The van der Waals surface area contributed by atoms with Crippen LogP contribution in [0.1, 0.15) is 60.8 Å². The third-order valence-electron chi connectivity index (χ3n) is 6.65. The van der Waals surface area contributed by atoms with Crippen molar-refractivity contribution in [3.8, 4) is 11.1 Å². The highest BCUT2D eigenvalue weighted by Crippen LogP contribution is 2.47. The number of halogens is 1. The summed E-state index contributed by atoms with van der Waals surface area (Å²) >= 11 is 3.73. The zero-order valence-corrected chi connectivity index (χ0v) is 18.5. The van der Waals surface area contributed by atoms with E-state index in [4.69, 9.17) is 0 Å². The van der Waals surface area contributed by atoms with E-state index >= 15 is 0 Å². The predicted molar refractivity (Wildman–Crippen MR) is 128 cm³/mol. The lowest BCUT2D eigenvalue weighted by Gasteiger charge is -2.20. The molecule has 2 aliphatic rings.